The Morgan fingerprint density at radius 3 is 2.59 bits per heavy atom. The highest BCUT2D eigenvalue weighted by molar-refractivity contribution is 6.31. The third-order valence-electron chi connectivity index (χ3n) is 3.67. The predicted molar refractivity (Wildman–Crippen MR) is 92.4 cm³/mol. The zero-order chi connectivity index (χ0) is 15.5. The van der Waals surface area contributed by atoms with Gasteiger partial charge in [-0.2, -0.15) is 0 Å². The van der Waals surface area contributed by atoms with Crippen LogP contribution < -0.4 is 5.32 Å². The zero-order valence-electron chi connectivity index (χ0n) is 12.7. The largest absolute Gasteiger partial charge is 0.363 e. The lowest BCUT2D eigenvalue weighted by atomic mass is 10.1. The van der Waals surface area contributed by atoms with E-state index in [1.807, 2.05) is 36.4 Å². The number of anilines is 1. The van der Waals surface area contributed by atoms with Crippen molar-refractivity contribution >= 4 is 28.3 Å². The molecular formula is C18H18ClN3. The van der Waals surface area contributed by atoms with Gasteiger partial charge in [-0.05, 0) is 30.7 Å². The standard InChI is InChI=1S/C18H18ClN3/c1-3-17-21-16-11-14(19)9-10-15(16)18(22-17)20-12(2)13-7-5-4-6-8-13/h4-12H,3H2,1-2H3,(H,20,21,22)/t12-/m1/s1. The summed E-state index contributed by atoms with van der Waals surface area (Å²) in [5, 5.41) is 5.18. The van der Waals surface area contributed by atoms with E-state index in [0.29, 0.717) is 5.02 Å². The van der Waals surface area contributed by atoms with Crippen LogP contribution in [0.15, 0.2) is 48.5 Å². The quantitative estimate of drug-likeness (QED) is 0.735. The summed E-state index contributed by atoms with van der Waals surface area (Å²) in [6, 6.07) is 16.2. The fourth-order valence-electron chi connectivity index (χ4n) is 2.45. The van der Waals surface area contributed by atoms with Crippen LogP contribution in [0.3, 0.4) is 0 Å². The van der Waals surface area contributed by atoms with Gasteiger partial charge in [-0.3, -0.25) is 0 Å². The molecule has 0 fully saturated rings. The van der Waals surface area contributed by atoms with Gasteiger partial charge in [0.1, 0.15) is 11.6 Å². The van der Waals surface area contributed by atoms with Crippen LogP contribution in [0.4, 0.5) is 5.82 Å². The molecule has 0 spiro atoms. The van der Waals surface area contributed by atoms with Gasteiger partial charge in [0, 0.05) is 22.9 Å². The molecule has 3 nitrogen and oxygen atoms in total. The Labute approximate surface area is 135 Å². The van der Waals surface area contributed by atoms with Gasteiger partial charge in [0.25, 0.3) is 0 Å². The molecule has 3 rings (SSSR count). The molecule has 4 heteroatoms. The van der Waals surface area contributed by atoms with Crippen LogP contribution in [0.2, 0.25) is 5.02 Å². The van der Waals surface area contributed by atoms with E-state index < -0.39 is 0 Å². The number of hydrogen-bond donors (Lipinski definition) is 1. The van der Waals surface area contributed by atoms with Crippen molar-refractivity contribution in [2.45, 2.75) is 26.3 Å². The molecule has 0 amide bonds. The Morgan fingerprint density at radius 1 is 1.09 bits per heavy atom. The number of aromatic nitrogens is 2. The lowest BCUT2D eigenvalue weighted by Gasteiger charge is -2.17. The molecule has 0 aliphatic carbocycles. The first-order valence-corrected chi connectivity index (χ1v) is 7.83. The Balaban J connectivity index is 2.02. The van der Waals surface area contributed by atoms with Gasteiger partial charge in [-0.1, -0.05) is 48.9 Å². The van der Waals surface area contributed by atoms with Crippen LogP contribution >= 0.6 is 11.6 Å². The first-order valence-electron chi connectivity index (χ1n) is 7.45. The number of rotatable bonds is 4. The first kappa shape index (κ1) is 14.8. The van der Waals surface area contributed by atoms with Crippen LogP contribution in [0, 0.1) is 0 Å². The number of aryl methyl sites for hydroxylation is 1. The molecule has 0 aliphatic heterocycles. The Bertz CT molecular complexity index is 787. The molecule has 1 aromatic heterocycles. The van der Waals surface area contributed by atoms with Crippen molar-refractivity contribution in [1.29, 1.82) is 0 Å². The van der Waals surface area contributed by atoms with E-state index in [-0.39, 0.29) is 6.04 Å². The van der Waals surface area contributed by atoms with Gasteiger partial charge in [0.15, 0.2) is 0 Å². The summed E-state index contributed by atoms with van der Waals surface area (Å²) in [6.45, 7) is 4.18. The molecule has 2 aromatic carbocycles. The number of hydrogen-bond acceptors (Lipinski definition) is 3. The summed E-state index contributed by atoms with van der Waals surface area (Å²) >= 11 is 6.09. The summed E-state index contributed by atoms with van der Waals surface area (Å²) in [4.78, 5) is 9.21. The van der Waals surface area contributed by atoms with Crippen molar-refractivity contribution in [3.63, 3.8) is 0 Å². The molecule has 0 radical (unpaired) electrons. The molecule has 0 bridgehead atoms. The predicted octanol–water partition coefficient (Wildman–Crippen LogP) is 5.02. The van der Waals surface area contributed by atoms with E-state index in [4.69, 9.17) is 11.6 Å². The minimum absolute atomic E-state index is 0.166. The lowest BCUT2D eigenvalue weighted by Crippen LogP contribution is -2.10. The van der Waals surface area contributed by atoms with Gasteiger partial charge >= 0.3 is 0 Å². The maximum Gasteiger partial charge on any atom is 0.138 e. The highest BCUT2D eigenvalue weighted by Crippen LogP contribution is 2.27. The molecule has 1 heterocycles. The van der Waals surface area contributed by atoms with Gasteiger partial charge in [-0.25, -0.2) is 9.97 Å². The van der Waals surface area contributed by atoms with E-state index in [9.17, 15) is 0 Å². The second-order valence-corrected chi connectivity index (χ2v) is 5.72. The van der Waals surface area contributed by atoms with Gasteiger partial charge < -0.3 is 5.32 Å². The summed E-state index contributed by atoms with van der Waals surface area (Å²) in [6.07, 6.45) is 0.789. The van der Waals surface area contributed by atoms with E-state index in [1.165, 1.54) is 5.56 Å². The maximum absolute atomic E-state index is 6.09. The average Bonchev–Trinajstić information content (AvgIpc) is 2.55. The van der Waals surface area contributed by atoms with Crippen LogP contribution in [0.25, 0.3) is 10.9 Å². The smallest absolute Gasteiger partial charge is 0.138 e. The average molecular weight is 312 g/mol. The number of halogens is 1. The van der Waals surface area contributed by atoms with Crippen molar-refractivity contribution in [3.8, 4) is 0 Å². The van der Waals surface area contributed by atoms with Gasteiger partial charge in [-0.15, -0.1) is 0 Å². The van der Waals surface area contributed by atoms with Crippen molar-refractivity contribution in [2.75, 3.05) is 5.32 Å². The van der Waals surface area contributed by atoms with Crippen molar-refractivity contribution in [3.05, 3.63) is 64.9 Å². The van der Waals surface area contributed by atoms with Crippen LogP contribution in [0.5, 0.6) is 0 Å². The highest BCUT2D eigenvalue weighted by atomic mass is 35.5. The molecule has 0 aliphatic rings. The normalized spacial score (nSPS) is 12.3. The zero-order valence-corrected chi connectivity index (χ0v) is 13.4. The van der Waals surface area contributed by atoms with Crippen molar-refractivity contribution in [1.82, 2.24) is 9.97 Å². The summed E-state index contributed by atoms with van der Waals surface area (Å²) in [7, 11) is 0. The van der Waals surface area contributed by atoms with Crippen LogP contribution in [-0.4, -0.2) is 9.97 Å². The molecule has 0 unspecified atom stereocenters. The van der Waals surface area contributed by atoms with E-state index in [2.05, 4.69) is 41.3 Å². The molecule has 1 N–H and O–H groups in total. The fourth-order valence-corrected chi connectivity index (χ4v) is 2.62. The molecule has 1 atom stereocenters. The van der Waals surface area contributed by atoms with Crippen molar-refractivity contribution < 1.29 is 0 Å². The molecule has 112 valence electrons. The molecular weight excluding hydrogens is 294 g/mol. The Hall–Kier alpha value is -2.13. The third-order valence-corrected chi connectivity index (χ3v) is 3.91. The second-order valence-electron chi connectivity index (χ2n) is 5.28. The first-order chi connectivity index (χ1) is 10.7. The van der Waals surface area contributed by atoms with Gasteiger partial charge in [0.05, 0.1) is 5.52 Å². The SMILES string of the molecule is CCc1nc(N[C@H](C)c2ccccc2)c2ccc(Cl)cc2n1. The van der Waals surface area contributed by atoms with E-state index in [1.54, 1.807) is 0 Å². The van der Waals surface area contributed by atoms with Crippen LogP contribution in [0.1, 0.15) is 31.3 Å². The topological polar surface area (TPSA) is 37.8 Å². The highest BCUT2D eigenvalue weighted by Gasteiger charge is 2.11. The summed E-state index contributed by atoms with van der Waals surface area (Å²) < 4.78 is 0. The minimum atomic E-state index is 0.166. The third kappa shape index (κ3) is 3.04. The molecule has 22 heavy (non-hydrogen) atoms. The molecule has 3 aromatic rings. The molecule has 0 saturated carbocycles. The van der Waals surface area contributed by atoms with Crippen molar-refractivity contribution in [2.24, 2.45) is 0 Å². The minimum Gasteiger partial charge on any atom is -0.363 e. The Kier molecular flexibility index (Phi) is 4.25. The second kappa shape index (κ2) is 6.32. The maximum atomic E-state index is 6.09. The lowest BCUT2D eigenvalue weighted by molar-refractivity contribution is 0.864. The fraction of sp³-hybridized carbons (Fsp3) is 0.222. The van der Waals surface area contributed by atoms with Crippen LogP contribution in [-0.2, 0) is 6.42 Å². The van der Waals surface area contributed by atoms with Gasteiger partial charge in [0.2, 0.25) is 0 Å². The summed E-state index contributed by atoms with van der Waals surface area (Å²) in [5.41, 5.74) is 2.10. The van der Waals surface area contributed by atoms with E-state index >= 15 is 0 Å². The number of nitrogens with zero attached hydrogens (tertiary/aromatic N) is 2. The van der Waals surface area contributed by atoms with E-state index in [0.717, 1.165) is 29.0 Å². The molecule has 0 saturated heterocycles. The number of fused-ring (bicyclic) bond motifs is 1. The monoisotopic (exact) mass is 311 g/mol. The summed E-state index contributed by atoms with van der Waals surface area (Å²) in [5.74, 6) is 1.67. The Morgan fingerprint density at radius 2 is 1.86 bits per heavy atom. The number of benzene rings is 2. The number of nitrogens with one attached hydrogen (secondary N) is 1.